The molecular formula is C17H10Cl2N4O3S. The molecule has 0 bridgehead atoms. The number of carbonyl (C=O) groups is 1. The van der Waals surface area contributed by atoms with Crippen molar-refractivity contribution < 1.29 is 14.5 Å². The zero-order valence-electron chi connectivity index (χ0n) is 13.4. The number of rotatable bonds is 4. The molecule has 1 unspecified atom stereocenters. The maximum Gasteiger partial charge on any atom is 0.338 e. The van der Waals surface area contributed by atoms with Crippen LogP contribution >= 0.6 is 23.2 Å². The Morgan fingerprint density at radius 1 is 1.22 bits per heavy atom. The largest absolute Gasteiger partial charge is 0.606 e. The van der Waals surface area contributed by atoms with E-state index in [0.29, 0.717) is 36.8 Å². The molecule has 0 radical (unpaired) electrons. The summed E-state index contributed by atoms with van der Waals surface area (Å²) in [7, 11) is 0. The Labute approximate surface area is 165 Å². The molecule has 7 nitrogen and oxygen atoms in total. The number of aromatic amines is 1. The molecule has 2 N–H and O–H groups in total. The number of nitrogens with one attached hydrogen (secondary N) is 1. The highest BCUT2D eigenvalue weighted by Crippen LogP contribution is 2.31. The second-order valence-corrected chi connectivity index (χ2v) is 7.85. The predicted molar refractivity (Wildman–Crippen MR) is 101 cm³/mol. The first kappa shape index (κ1) is 17.9. The first-order valence-corrected chi connectivity index (χ1v) is 9.48. The van der Waals surface area contributed by atoms with Gasteiger partial charge in [0.2, 0.25) is 5.95 Å². The van der Waals surface area contributed by atoms with Crippen LogP contribution in [-0.4, -0.2) is 35.4 Å². The Morgan fingerprint density at radius 3 is 2.63 bits per heavy atom. The van der Waals surface area contributed by atoms with Gasteiger partial charge >= 0.3 is 5.97 Å². The third-order valence-corrected chi connectivity index (χ3v) is 5.91. The summed E-state index contributed by atoms with van der Waals surface area (Å²) in [6, 6.07) is 9.91. The summed E-state index contributed by atoms with van der Waals surface area (Å²) >= 11 is 10.7. The molecule has 0 aliphatic rings. The van der Waals surface area contributed by atoms with Gasteiger partial charge in [-0.15, -0.1) is 0 Å². The number of hydrogen-bond donors (Lipinski definition) is 2. The number of carboxylic acids is 1. The third kappa shape index (κ3) is 3.40. The minimum atomic E-state index is -1.50. The zero-order chi connectivity index (χ0) is 19.1. The van der Waals surface area contributed by atoms with E-state index in [-0.39, 0.29) is 5.56 Å². The number of aromatic carboxylic acids is 1. The van der Waals surface area contributed by atoms with Gasteiger partial charge in [-0.05, 0) is 30.3 Å². The highest BCUT2D eigenvalue weighted by atomic mass is 35.5. The minimum Gasteiger partial charge on any atom is -0.606 e. The Hall–Kier alpha value is -2.52. The van der Waals surface area contributed by atoms with E-state index in [4.69, 9.17) is 28.3 Å². The highest BCUT2D eigenvalue weighted by molar-refractivity contribution is 7.91. The number of carboxylic acid groups (broad SMARTS) is 1. The SMILES string of the molecule is O=C(O)c1cnn(-c2nc3cc([S+]([O-])c4ccc(Cl)cc4)c(Cl)cc3[nH]2)c1. The molecular weight excluding hydrogens is 411 g/mol. The summed E-state index contributed by atoms with van der Waals surface area (Å²) in [5.74, 6) is -0.760. The van der Waals surface area contributed by atoms with E-state index in [2.05, 4.69) is 15.1 Å². The summed E-state index contributed by atoms with van der Waals surface area (Å²) in [6.45, 7) is 0. The molecule has 0 aliphatic carbocycles. The summed E-state index contributed by atoms with van der Waals surface area (Å²) in [5, 5.41) is 13.8. The van der Waals surface area contributed by atoms with Crippen molar-refractivity contribution in [3.8, 4) is 5.95 Å². The molecule has 0 aliphatic heterocycles. The normalized spacial score (nSPS) is 12.4. The monoisotopic (exact) mass is 420 g/mol. The van der Waals surface area contributed by atoms with Crippen molar-refractivity contribution in [2.45, 2.75) is 9.79 Å². The summed E-state index contributed by atoms with van der Waals surface area (Å²) in [5.41, 5.74) is 1.18. The van der Waals surface area contributed by atoms with Gasteiger partial charge in [-0.3, -0.25) is 0 Å². The average molecular weight is 421 g/mol. The molecule has 0 saturated carbocycles. The molecule has 1 atom stereocenters. The Kier molecular flexibility index (Phi) is 4.56. The van der Waals surface area contributed by atoms with Crippen molar-refractivity contribution in [3.05, 3.63) is 64.4 Å². The number of fused-ring (bicyclic) bond motifs is 1. The lowest BCUT2D eigenvalue weighted by molar-refractivity contribution is 0.0697. The molecule has 136 valence electrons. The van der Waals surface area contributed by atoms with Crippen molar-refractivity contribution in [2.24, 2.45) is 0 Å². The van der Waals surface area contributed by atoms with Gasteiger partial charge < -0.3 is 14.6 Å². The van der Waals surface area contributed by atoms with E-state index >= 15 is 0 Å². The van der Waals surface area contributed by atoms with Crippen molar-refractivity contribution >= 4 is 51.4 Å². The summed E-state index contributed by atoms with van der Waals surface area (Å²) in [4.78, 5) is 19.4. The Morgan fingerprint density at radius 2 is 1.96 bits per heavy atom. The molecule has 0 amide bonds. The molecule has 27 heavy (non-hydrogen) atoms. The zero-order valence-corrected chi connectivity index (χ0v) is 15.7. The fraction of sp³-hybridized carbons (Fsp3) is 0. The third-order valence-electron chi connectivity index (χ3n) is 3.80. The molecule has 0 spiro atoms. The molecule has 4 aromatic rings. The minimum absolute atomic E-state index is 0.0398. The number of hydrogen-bond acceptors (Lipinski definition) is 4. The van der Waals surface area contributed by atoms with E-state index < -0.39 is 17.1 Å². The lowest BCUT2D eigenvalue weighted by atomic mass is 10.3. The topological polar surface area (TPSA) is 107 Å². The first-order valence-electron chi connectivity index (χ1n) is 7.57. The van der Waals surface area contributed by atoms with Crippen molar-refractivity contribution in [1.29, 1.82) is 0 Å². The predicted octanol–water partition coefficient (Wildman–Crippen LogP) is 3.92. The fourth-order valence-corrected chi connectivity index (χ4v) is 4.07. The van der Waals surface area contributed by atoms with E-state index in [9.17, 15) is 9.35 Å². The lowest BCUT2D eigenvalue weighted by Gasteiger charge is -2.11. The van der Waals surface area contributed by atoms with Gasteiger partial charge in [-0.2, -0.15) is 5.10 Å². The first-order chi connectivity index (χ1) is 12.9. The van der Waals surface area contributed by atoms with E-state index in [1.165, 1.54) is 17.1 Å². The van der Waals surface area contributed by atoms with Crippen LogP contribution in [0.15, 0.2) is 58.6 Å². The van der Waals surface area contributed by atoms with Crippen LogP contribution in [0.3, 0.4) is 0 Å². The van der Waals surface area contributed by atoms with Crippen molar-refractivity contribution in [3.63, 3.8) is 0 Å². The van der Waals surface area contributed by atoms with Gasteiger partial charge in [0, 0.05) is 28.5 Å². The molecule has 2 aromatic carbocycles. The van der Waals surface area contributed by atoms with Crippen LogP contribution in [0.5, 0.6) is 0 Å². The van der Waals surface area contributed by atoms with E-state index in [1.54, 1.807) is 36.4 Å². The van der Waals surface area contributed by atoms with Gasteiger partial charge in [0.15, 0.2) is 9.79 Å². The van der Waals surface area contributed by atoms with Crippen LogP contribution in [0.2, 0.25) is 10.0 Å². The molecule has 0 saturated heterocycles. The molecule has 2 heterocycles. The van der Waals surface area contributed by atoms with Gasteiger partial charge in [-0.25, -0.2) is 14.5 Å². The van der Waals surface area contributed by atoms with Crippen LogP contribution in [0, 0.1) is 0 Å². The fourth-order valence-electron chi connectivity index (χ4n) is 2.48. The Bertz CT molecular complexity index is 1160. The van der Waals surface area contributed by atoms with Crippen LogP contribution in [-0.2, 0) is 11.2 Å². The van der Waals surface area contributed by atoms with Crippen molar-refractivity contribution in [1.82, 2.24) is 19.7 Å². The lowest BCUT2D eigenvalue weighted by Crippen LogP contribution is -2.02. The second kappa shape index (κ2) is 6.90. The van der Waals surface area contributed by atoms with Gasteiger partial charge in [-0.1, -0.05) is 23.2 Å². The summed E-state index contributed by atoms with van der Waals surface area (Å²) < 4.78 is 14.2. The number of halogens is 2. The van der Waals surface area contributed by atoms with Crippen LogP contribution in [0.25, 0.3) is 17.0 Å². The second-order valence-electron chi connectivity index (χ2n) is 5.56. The quantitative estimate of drug-likeness (QED) is 0.486. The molecule has 4 rings (SSSR count). The van der Waals surface area contributed by atoms with E-state index in [1.807, 2.05) is 0 Å². The van der Waals surface area contributed by atoms with Crippen molar-refractivity contribution in [2.75, 3.05) is 0 Å². The Balaban J connectivity index is 1.74. The average Bonchev–Trinajstić information content (AvgIpc) is 3.27. The maximum absolute atomic E-state index is 12.8. The maximum atomic E-state index is 12.8. The van der Waals surface area contributed by atoms with Gasteiger partial charge in [0.05, 0.1) is 27.8 Å². The van der Waals surface area contributed by atoms with Crippen LogP contribution in [0.1, 0.15) is 10.4 Å². The number of aromatic nitrogens is 4. The molecule has 0 fully saturated rings. The van der Waals surface area contributed by atoms with Crippen LogP contribution < -0.4 is 0 Å². The number of H-pyrrole nitrogens is 1. The number of nitrogens with zero attached hydrogens (tertiary/aromatic N) is 3. The summed E-state index contributed by atoms with van der Waals surface area (Å²) in [6.07, 6.45) is 2.57. The standard InChI is InChI=1S/C17H10Cl2N4O3S/c18-10-1-3-11(4-2-10)27(26)15-6-14-13(5-12(15)19)21-17(22-14)23-8-9(7-20-23)16(24)25/h1-8H,(H,21,22)(H,24,25). The van der Waals surface area contributed by atoms with E-state index in [0.717, 1.165) is 0 Å². The smallest absolute Gasteiger partial charge is 0.338 e. The van der Waals surface area contributed by atoms with Crippen LogP contribution in [0.4, 0.5) is 0 Å². The molecule has 10 heteroatoms. The number of benzene rings is 2. The van der Waals surface area contributed by atoms with Gasteiger partial charge in [0.25, 0.3) is 0 Å². The molecule has 2 aromatic heterocycles. The van der Waals surface area contributed by atoms with Gasteiger partial charge in [0.1, 0.15) is 0 Å². The highest BCUT2D eigenvalue weighted by Gasteiger charge is 2.21. The number of imidazole rings is 1.